The van der Waals surface area contributed by atoms with E-state index in [-0.39, 0.29) is 5.91 Å². The highest BCUT2D eigenvalue weighted by molar-refractivity contribution is 5.81. The van der Waals surface area contributed by atoms with Crippen LogP contribution in [0.15, 0.2) is 48.5 Å². The Morgan fingerprint density at radius 2 is 2.12 bits per heavy atom. The molecule has 1 atom stereocenters. The van der Waals surface area contributed by atoms with Gasteiger partial charge in [-0.25, -0.2) is 0 Å². The Labute approximate surface area is 142 Å². The van der Waals surface area contributed by atoms with Gasteiger partial charge >= 0.3 is 0 Å². The van der Waals surface area contributed by atoms with Crippen molar-refractivity contribution in [3.05, 3.63) is 59.7 Å². The summed E-state index contributed by atoms with van der Waals surface area (Å²) in [6.07, 6.45) is -0.428. The van der Waals surface area contributed by atoms with E-state index in [2.05, 4.69) is 10.6 Å². The number of nitrogens with one attached hydrogen (secondary N) is 2. The van der Waals surface area contributed by atoms with Crippen LogP contribution in [0.25, 0.3) is 0 Å². The van der Waals surface area contributed by atoms with Gasteiger partial charge < -0.3 is 20.1 Å². The molecule has 0 aliphatic carbocycles. The Balaban J connectivity index is 1.67. The van der Waals surface area contributed by atoms with Gasteiger partial charge in [-0.15, -0.1) is 0 Å². The largest absolute Gasteiger partial charge is 0.457 e. The van der Waals surface area contributed by atoms with Crippen LogP contribution in [0.2, 0.25) is 0 Å². The molecule has 126 valence electrons. The zero-order valence-electron chi connectivity index (χ0n) is 13.7. The molecule has 1 unspecified atom stereocenters. The second-order valence-corrected chi connectivity index (χ2v) is 5.81. The predicted molar refractivity (Wildman–Crippen MR) is 92.2 cm³/mol. The van der Waals surface area contributed by atoms with Crippen LogP contribution in [-0.4, -0.2) is 31.7 Å². The van der Waals surface area contributed by atoms with Crippen LogP contribution in [0.4, 0.5) is 0 Å². The molecule has 1 amide bonds. The highest BCUT2D eigenvalue weighted by Crippen LogP contribution is 2.26. The molecule has 1 aliphatic rings. The SMILES string of the molecule is Cc1ccc(CNC(=O)C2CNCCO2)c(Oc2ccccc2)c1. The first-order valence-electron chi connectivity index (χ1n) is 8.15. The van der Waals surface area contributed by atoms with E-state index in [1.165, 1.54) is 0 Å². The molecule has 5 heteroatoms. The summed E-state index contributed by atoms with van der Waals surface area (Å²) in [6.45, 7) is 4.32. The minimum atomic E-state index is -0.428. The lowest BCUT2D eigenvalue weighted by Crippen LogP contribution is -2.47. The van der Waals surface area contributed by atoms with E-state index in [1.54, 1.807) is 0 Å². The van der Waals surface area contributed by atoms with Crippen molar-refractivity contribution < 1.29 is 14.3 Å². The number of amides is 1. The lowest BCUT2D eigenvalue weighted by Gasteiger charge is -2.23. The van der Waals surface area contributed by atoms with Crippen LogP contribution in [0.5, 0.6) is 11.5 Å². The van der Waals surface area contributed by atoms with Gasteiger partial charge in [-0.3, -0.25) is 4.79 Å². The van der Waals surface area contributed by atoms with Crippen molar-refractivity contribution >= 4 is 5.91 Å². The highest BCUT2D eigenvalue weighted by Gasteiger charge is 2.21. The molecule has 2 aromatic rings. The Hall–Kier alpha value is -2.37. The summed E-state index contributed by atoms with van der Waals surface area (Å²) in [7, 11) is 0. The first-order chi connectivity index (χ1) is 11.7. The number of morpholine rings is 1. The van der Waals surface area contributed by atoms with Crippen LogP contribution in [-0.2, 0) is 16.1 Å². The number of hydrogen-bond acceptors (Lipinski definition) is 4. The summed E-state index contributed by atoms with van der Waals surface area (Å²) in [5.74, 6) is 1.42. The molecule has 0 spiro atoms. The van der Waals surface area contributed by atoms with Gasteiger partial charge in [0.05, 0.1) is 6.61 Å². The molecule has 1 saturated heterocycles. The van der Waals surface area contributed by atoms with Gasteiger partial charge in [0.25, 0.3) is 5.91 Å². The summed E-state index contributed by atoms with van der Waals surface area (Å²) in [6, 6.07) is 15.6. The van der Waals surface area contributed by atoms with Crippen LogP contribution >= 0.6 is 0 Å². The number of hydrogen-bond donors (Lipinski definition) is 2. The monoisotopic (exact) mass is 326 g/mol. The van der Waals surface area contributed by atoms with E-state index in [4.69, 9.17) is 9.47 Å². The third kappa shape index (κ3) is 4.34. The average Bonchev–Trinajstić information content (AvgIpc) is 2.62. The van der Waals surface area contributed by atoms with Gasteiger partial charge in [-0.1, -0.05) is 30.3 Å². The van der Waals surface area contributed by atoms with E-state index in [0.717, 1.165) is 29.2 Å². The molecule has 2 N–H and O–H groups in total. The molecule has 3 rings (SSSR count). The Morgan fingerprint density at radius 3 is 2.88 bits per heavy atom. The number of aryl methyl sites for hydroxylation is 1. The molecule has 1 aliphatic heterocycles. The van der Waals surface area contributed by atoms with E-state index in [9.17, 15) is 4.79 Å². The highest BCUT2D eigenvalue weighted by atomic mass is 16.5. The molecule has 1 heterocycles. The number of carbonyl (C=O) groups is 1. The predicted octanol–water partition coefficient (Wildman–Crippen LogP) is 2.39. The number of para-hydroxylation sites is 1. The molecule has 0 saturated carbocycles. The average molecular weight is 326 g/mol. The van der Waals surface area contributed by atoms with E-state index >= 15 is 0 Å². The van der Waals surface area contributed by atoms with E-state index in [1.807, 2.05) is 55.5 Å². The topological polar surface area (TPSA) is 59.6 Å². The van der Waals surface area contributed by atoms with Crippen molar-refractivity contribution in [2.24, 2.45) is 0 Å². The number of ether oxygens (including phenoxy) is 2. The fourth-order valence-corrected chi connectivity index (χ4v) is 2.55. The molecule has 2 aromatic carbocycles. The minimum absolute atomic E-state index is 0.103. The molecule has 5 nitrogen and oxygen atoms in total. The van der Waals surface area contributed by atoms with Crippen LogP contribution in [0.3, 0.4) is 0 Å². The van der Waals surface area contributed by atoms with Crippen molar-refractivity contribution in [3.8, 4) is 11.5 Å². The zero-order valence-corrected chi connectivity index (χ0v) is 13.7. The van der Waals surface area contributed by atoms with Crippen molar-refractivity contribution in [2.75, 3.05) is 19.7 Å². The first kappa shape index (κ1) is 16.5. The number of benzene rings is 2. The Kier molecular flexibility index (Phi) is 5.46. The number of carbonyl (C=O) groups excluding carboxylic acids is 1. The Morgan fingerprint density at radius 1 is 1.29 bits per heavy atom. The molecule has 0 aromatic heterocycles. The van der Waals surface area contributed by atoms with E-state index in [0.29, 0.717) is 19.7 Å². The fraction of sp³-hybridized carbons (Fsp3) is 0.316. The third-order valence-electron chi connectivity index (χ3n) is 3.87. The number of rotatable bonds is 5. The van der Waals surface area contributed by atoms with Crippen molar-refractivity contribution in [1.29, 1.82) is 0 Å². The minimum Gasteiger partial charge on any atom is -0.457 e. The van der Waals surface area contributed by atoms with Gasteiger partial charge in [0, 0.05) is 25.2 Å². The first-order valence-corrected chi connectivity index (χ1v) is 8.15. The maximum absolute atomic E-state index is 12.2. The lowest BCUT2D eigenvalue weighted by molar-refractivity contribution is -0.134. The van der Waals surface area contributed by atoms with Gasteiger partial charge in [0.15, 0.2) is 0 Å². The van der Waals surface area contributed by atoms with Gasteiger partial charge in [-0.2, -0.15) is 0 Å². The molecular formula is C19H22N2O3. The molecular weight excluding hydrogens is 304 g/mol. The fourth-order valence-electron chi connectivity index (χ4n) is 2.55. The third-order valence-corrected chi connectivity index (χ3v) is 3.87. The maximum Gasteiger partial charge on any atom is 0.250 e. The van der Waals surface area contributed by atoms with Crippen LogP contribution in [0.1, 0.15) is 11.1 Å². The van der Waals surface area contributed by atoms with Gasteiger partial charge in [-0.05, 0) is 30.7 Å². The Bertz CT molecular complexity index is 682. The summed E-state index contributed by atoms with van der Waals surface area (Å²) < 4.78 is 11.4. The normalized spacial score (nSPS) is 17.3. The van der Waals surface area contributed by atoms with Crippen molar-refractivity contribution in [3.63, 3.8) is 0 Å². The van der Waals surface area contributed by atoms with Crippen LogP contribution in [0, 0.1) is 6.92 Å². The lowest BCUT2D eigenvalue weighted by atomic mass is 10.1. The van der Waals surface area contributed by atoms with Gasteiger partial charge in [0.2, 0.25) is 0 Å². The van der Waals surface area contributed by atoms with Gasteiger partial charge in [0.1, 0.15) is 17.6 Å². The summed E-state index contributed by atoms with van der Waals surface area (Å²) in [4.78, 5) is 12.2. The summed E-state index contributed by atoms with van der Waals surface area (Å²) >= 11 is 0. The second-order valence-electron chi connectivity index (χ2n) is 5.81. The second kappa shape index (κ2) is 7.95. The van der Waals surface area contributed by atoms with E-state index < -0.39 is 6.10 Å². The van der Waals surface area contributed by atoms with Crippen LogP contribution < -0.4 is 15.4 Å². The molecule has 1 fully saturated rings. The summed E-state index contributed by atoms with van der Waals surface area (Å²) in [5.41, 5.74) is 2.04. The quantitative estimate of drug-likeness (QED) is 0.886. The smallest absolute Gasteiger partial charge is 0.250 e. The molecule has 0 bridgehead atoms. The molecule has 24 heavy (non-hydrogen) atoms. The maximum atomic E-state index is 12.2. The van der Waals surface area contributed by atoms with Crippen molar-refractivity contribution in [2.45, 2.75) is 19.6 Å². The molecule has 0 radical (unpaired) electrons. The zero-order chi connectivity index (χ0) is 16.8. The summed E-state index contributed by atoms with van der Waals surface area (Å²) in [5, 5.41) is 6.09. The standard InChI is InChI=1S/C19H22N2O3/c1-14-7-8-15(12-21-19(22)18-13-20-9-10-23-18)17(11-14)24-16-5-3-2-4-6-16/h2-8,11,18,20H,9-10,12-13H2,1H3,(H,21,22). The van der Waals surface area contributed by atoms with Crippen molar-refractivity contribution in [1.82, 2.24) is 10.6 Å².